The molecule has 1 heterocycles. The van der Waals surface area contributed by atoms with Gasteiger partial charge in [-0.15, -0.1) is 0 Å². The van der Waals surface area contributed by atoms with Crippen LogP contribution in [0.1, 0.15) is 41.0 Å². The number of carbonyl (C=O) groups excluding carboxylic acids is 1. The predicted octanol–water partition coefficient (Wildman–Crippen LogP) is 6.86. The fourth-order valence-electron chi connectivity index (χ4n) is 3.98. The van der Waals surface area contributed by atoms with Gasteiger partial charge in [-0.25, -0.2) is 0 Å². The molecule has 0 aliphatic rings. The molecule has 0 N–H and O–H groups in total. The third-order valence-electron chi connectivity index (χ3n) is 5.51. The SMILES string of the molecule is CCC(COc1ccc(Cl)cc1)n1c(C)c(C(=O)c2ccccc2)c2ccccc21. The summed E-state index contributed by atoms with van der Waals surface area (Å²) in [5, 5.41) is 1.67. The molecule has 4 heteroatoms. The summed E-state index contributed by atoms with van der Waals surface area (Å²) in [7, 11) is 0. The maximum absolute atomic E-state index is 13.4. The van der Waals surface area contributed by atoms with Gasteiger partial charge in [0.05, 0.1) is 11.6 Å². The van der Waals surface area contributed by atoms with Crippen LogP contribution in [-0.4, -0.2) is 17.0 Å². The third-order valence-corrected chi connectivity index (χ3v) is 5.76. The molecule has 0 fully saturated rings. The van der Waals surface area contributed by atoms with Crippen LogP contribution in [0.25, 0.3) is 10.9 Å². The van der Waals surface area contributed by atoms with Crippen LogP contribution in [0.5, 0.6) is 5.75 Å². The average molecular weight is 418 g/mol. The van der Waals surface area contributed by atoms with Gasteiger partial charge in [-0.3, -0.25) is 4.79 Å². The number of halogens is 1. The Labute approximate surface area is 181 Å². The molecular weight excluding hydrogens is 394 g/mol. The molecule has 0 saturated carbocycles. The normalized spacial score (nSPS) is 12.1. The first-order valence-electron chi connectivity index (χ1n) is 10.2. The first-order chi connectivity index (χ1) is 14.6. The second kappa shape index (κ2) is 8.76. The number of carbonyl (C=O) groups is 1. The molecule has 3 nitrogen and oxygen atoms in total. The Morgan fingerprint density at radius 3 is 2.33 bits per heavy atom. The van der Waals surface area contributed by atoms with Gasteiger partial charge in [0.2, 0.25) is 0 Å². The van der Waals surface area contributed by atoms with Gasteiger partial charge in [0.25, 0.3) is 0 Å². The molecule has 1 unspecified atom stereocenters. The molecule has 4 rings (SSSR count). The Morgan fingerprint density at radius 2 is 1.63 bits per heavy atom. The Kier molecular flexibility index (Phi) is 5.91. The van der Waals surface area contributed by atoms with Crippen LogP contribution in [0.3, 0.4) is 0 Å². The van der Waals surface area contributed by atoms with Gasteiger partial charge in [-0.05, 0) is 43.7 Å². The molecule has 0 aliphatic heterocycles. The summed E-state index contributed by atoms with van der Waals surface area (Å²) >= 11 is 5.98. The number of benzene rings is 3. The lowest BCUT2D eigenvalue weighted by molar-refractivity contribution is 0.103. The van der Waals surface area contributed by atoms with Crippen LogP contribution in [-0.2, 0) is 0 Å². The molecule has 152 valence electrons. The molecule has 0 radical (unpaired) electrons. The van der Waals surface area contributed by atoms with Crippen molar-refractivity contribution < 1.29 is 9.53 Å². The fourth-order valence-corrected chi connectivity index (χ4v) is 4.11. The van der Waals surface area contributed by atoms with Crippen LogP contribution >= 0.6 is 11.6 Å². The van der Waals surface area contributed by atoms with Crippen LogP contribution in [0.15, 0.2) is 78.9 Å². The molecule has 1 aromatic heterocycles. The van der Waals surface area contributed by atoms with E-state index in [4.69, 9.17) is 16.3 Å². The average Bonchev–Trinajstić information content (AvgIpc) is 3.07. The lowest BCUT2D eigenvalue weighted by Crippen LogP contribution is -2.18. The Bertz CT molecular complexity index is 1160. The second-order valence-electron chi connectivity index (χ2n) is 7.37. The number of ketones is 1. The van der Waals surface area contributed by atoms with E-state index in [0.29, 0.717) is 17.2 Å². The Balaban J connectivity index is 1.73. The Hall–Kier alpha value is -3.04. The van der Waals surface area contributed by atoms with Gasteiger partial charge in [0.15, 0.2) is 5.78 Å². The monoisotopic (exact) mass is 417 g/mol. The van der Waals surface area contributed by atoms with Gasteiger partial charge in [-0.1, -0.05) is 67.1 Å². The molecule has 0 saturated heterocycles. The summed E-state index contributed by atoms with van der Waals surface area (Å²) in [4.78, 5) is 13.4. The first-order valence-corrected chi connectivity index (χ1v) is 10.6. The number of aromatic nitrogens is 1. The summed E-state index contributed by atoms with van der Waals surface area (Å²) in [5.74, 6) is 0.837. The number of para-hydroxylation sites is 1. The number of ether oxygens (including phenoxy) is 1. The highest BCUT2D eigenvalue weighted by Crippen LogP contribution is 2.32. The van der Waals surface area contributed by atoms with Crippen molar-refractivity contribution in [3.8, 4) is 5.75 Å². The highest BCUT2D eigenvalue weighted by Gasteiger charge is 2.24. The van der Waals surface area contributed by atoms with Crippen molar-refractivity contribution in [1.82, 2.24) is 4.57 Å². The topological polar surface area (TPSA) is 31.2 Å². The van der Waals surface area contributed by atoms with Crippen molar-refractivity contribution in [2.75, 3.05) is 6.61 Å². The van der Waals surface area contributed by atoms with Crippen molar-refractivity contribution in [3.63, 3.8) is 0 Å². The molecule has 0 spiro atoms. The standard InChI is InChI=1S/C26H24ClNO2/c1-3-21(17-30-22-15-13-20(27)14-16-22)28-18(2)25(23-11-7-8-12-24(23)28)26(29)19-9-5-4-6-10-19/h4-16,21H,3,17H2,1-2H3. The number of nitrogens with zero attached hydrogens (tertiary/aromatic N) is 1. The molecule has 4 aromatic rings. The summed E-state index contributed by atoms with van der Waals surface area (Å²) < 4.78 is 8.31. The first kappa shape index (κ1) is 20.2. The van der Waals surface area contributed by atoms with Crippen molar-refractivity contribution in [3.05, 3.63) is 101 Å². The molecule has 0 amide bonds. The minimum atomic E-state index is 0.0523. The van der Waals surface area contributed by atoms with E-state index in [1.54, 1.807) is 0 Å². The highest BCUT2D eigenvalue weighted by atomic mass is 35.5. The highest BCUT2D eigenvalue weighted by molar-refractivity contribution is 6.30. The minimum Gasteiger partial charge on any atom is -0.491 e. The smallest absolute Gasteiger partial charge is 0.195 e. The van der Waals surface area contributed by atoms with E-state index in [1.165, 1.54) is 0 Å². The molecular formula is C26H24ClNO2. The molecule has 0 aliphatic carbocycles. The molecule has 0 bridgehead atoms. The zero-order chi connectivity index (χ0) is 21.1. The van der Waals surface area contributed by atoms with E-state index >= 15 is 0 Å². The molecule has 3 aromatic carbocycles. The number of fused-ring (bicyclic) bond motifs is 1. The van der Waals surface area contributed by atoms with E-state index < -0.39 is 0 Å². The van der Waals surface area contributed by atoms with Crippen molar-refractivity contribution in [2.24, 2.45) is 0 Å². The minimum absolute atomic E-state index is 0.0523. The van der Waals surface area contributed by atoms with Gasteiger partial charge in [0, 0.05) is 27.2 Å². The third kappa shape index (κ3) is 3.86. The largest absolute Gasteiger partial charge is 0.491 e. The molecule has 30 heavy (non-hydrogen) atoms. The number of hydrogen-bond acceptors (Lipinski definition) is 2. The lowest BCUT2D eigenvalue weighted by atomic mass is 10.0. The quantitative estimate of drug-likeness (QED) is 0.307. The predicted molar refractivity (Wildman–Crippen MR) is 123 cm³/mol. The summed E-state index contributed by atoms with van der Waals surface area (Å²) in [6, 6.07) is 25.1. The van der Waals surface area contributed by atoms with Crippen LogP contribution in [0.2, 0.25) is 5.02 Å². The number of rotatable bonds is 7. The van der Waals surface area contributed by atoms with E-state index in [9.17, 15) is 4.79 Å². The zero-order valence-electron chi connectivity index (χ0n) is 17.1. The maximum atomic E-state index is 13.4. The van der Waals surface area contributed by atoms with Crippen molar-refractivity contribution in [2.45, 2.75) is 26.3 Å². The van der Waals surface area contributed by atoms with Gasteiger partial charge in [0.1, 0.15) is 12.4 Å². The maximum Gasteiger partial charge on any atom is 0.195 e. The van der Waals surface area contributed by atoms with Crippen molar-refractivity contribution in [1.29, 1.82) is 0 Å². The van der Waals surface area contributed by atoms with E-state index in [0.717, 1.165) is 34.3 Å². The fraction of sp³-hybridized carbons (Fsp3) is 0.192. The van der Waals surface area contributed by atoms with E-state index in [2.05, 4.69) is 17.6 Å². The summed E-state index contributed by atoms with van der Waals surface area (Å²) in [5.41, 5.74) is 3.49. The lowest BCUT2D eigenvalue weighted by Gasteiger charge is -2.21. The van der Waals surface area contributed by atoms with Crippen molar-refractivity contribution >= 4 is 28.3 Å². The van der Waals surface area contributed by atoms with E-state index in [-0.39, 0.29) is 11.8 Å². The zero-order valence-corrected chi connectivity index (χ0v) is 17.9. The number of hydrogen-bond donors (Lipinski definition) is 0. The summed E-state index contributed by atoms with van der Waals surface area (Å²) in [6.45, 7) is 4.68. The van der Waals surface area contributed by atoms with Gasteiger partial charge >= 0.3 is 0 Å². The molecule has 1 atom stereocenters. The summed E-state index contributed by atoms with van der Waals surface area (Å²) in [6.07, 6.45) is 0.881. The van der Waals surface area contributed by atoms with E-state index in [1.807, 2.05) is 79.7 Å². The van der Waals surface area contributed by atoms with Crippen LogP contribution in [0.4, 0.5) is 0 Å². The Morgan fingerprint density at radius 1 is 0.967 bits per heavy atom. The van der Waals surface area contributed by atoms with Gasteiger partial charge < -0.3 is 9.30 Å². The van der Waals surface area contributed by atoms with Gasteiger partial charge in [-0.2, -0.15) is 0 Å². The van der Waals surface area contributed by atoms with Crippen LogP contribution < -0.4 is 4.74 Å². The van der Waals surface area contributed by atoms with Crippen LogP contribution in [0, 0.1) is 6.92 Å². The second-order valence-corrected chi connectivity index (χ2v) is 7.81.